The molecule has 0 N–H and O–H groups in total. The average molecular weight is 527 g/mol. The Kier molecular flexibility index (Phi) is 7.13. The predicted molar refractivity (Wildman–Crippen MR) is 174 cm³/mol. The molecule has 0 aliphatic carbocycles. The van der Waals surface area contributed by atoms with E-state index in [4.69, 9.17) is 0 Å². The number of benzene rings is 5. The van der Waals surface area contributed by atoms with E-state index in [9.17, 15) is 0 Å². The van der Waals surface area contributed by atoms with Crippen LogP contribution in [0.2, 0.25) is 39.3 Å². The summed E-state index contributed by atoms with van der Waals surface area (Å²) in [5.41, 5.74) is 10.1. The van der Waals surface area contributed by atoms with Crippen LogP contribution in [0.1, 0.15) is 0 Å². The molecule has 0 amide bonds. The van der Waals surface area contributed by atoms with Crippen molar-refractivity contribution in [2.75, 3.05) is 0 Å². The van der Waals surface area contributed by atoms with E-state index in [2.05, 4.69) is 161 Å². The number of hydrogen-bond acceptors (Lipinski definition) is 0. The number of hydrogen-bond donors (Lipinski definition) is 0. The van der Waals surface area contributed by atoms with Gasteiger partial charge in [-0.2, -0.15) is 0 Å². The summed E-state index contributed by atoms with van der Waals surface area (Å²) in [5, 5.41) is 3.01. The molecule has 0 aromatic heterocycles. The Balaban J connectivity index is 1.29. The van der Waals surface area contributed by atoms with Crippen LogP contribution in [0, 0.1) is 0 Å². The highest BCUT2D eigenvalue weighted by atomic mass is 28.3. The Morgan fingerprint density at radius 1 is 0.237 bits per heavy atom. The zero-order valence-corrected chi connectivity index (χ0v) is 25.5. The number of rotatable bonds is 6. The van der Waals surface area contributed by atoms with Gasteiger partial charge in [0.1, 0.15) is 0 Å². The lowest BCUT2D eigenvalue weighted by Crippen LogP contribution is -2.37. The van der Waals surface area contributed by atoms with Crippen LogP contribution in [-0.2, 0) is 0 Å². The van der Waals surface area contributed by atoms with Crippen molar-refractivity contribution < 1.29 is 0 Å². The molecule has 0 aliphatic rings. The lowest BCUT2D eigenvalue weighted by Gasteiger charge is -2.17. The Labute approximate surface area is 231 Å². The van der Waals surface area contributed by atoms with E-state index in [1.807, 2.05) is 0 Å². The molecule has 190 valence electrons. The van der Waals surface area contributed by atoms with Crippen molar-refractivity contribution in [3.8, 4) is 44.5 Å². The van der Waals surface area contributed by atoms with E-state index in [1.165, 1.54) is 54.9 Å². The maximum Gasteiger partial charge on any atom is 0.0775 e. The predicted octanol–water partition coefficient (Wildman–Crippen LogP) is 9.45. The van der Waals surface area contributed by atoms with Crippen molar-refractivity contribution in [2.45, 2.75) is 39.3 Å². The van der Waals surface area contributed by atoms with E-state index in [0.29, 0.717) is 0 Å². The van der Waals surface area contributed by atoms with Crippen molar-refractivity contribution in [1.82, 2.24) is 0 Å². The van der Waals surface area contributed by atoms with Crippen LogP contribution < -0.4 is 10.4 Å². The topological polar surface area (TPSA) is 0 Å². The molecular weight excluding hydrogens is 489 g/mol. The Morgan fingerprint density at radius 3 is 0.500 bits per heavy atom. The molecule has 0 aliphatic heterocycles. The molecule has 5 rings (SSSR count). The van der Waals surface area contributed by atoms with E-state index in [-0.39, 0.29) is 0 Å². The van der Waals surface area contributed by atoms with Gasteiger partial charge in [0.25, 0.3) is 0 Å². The van der Waals surface area contributed by atoms with Crippen molar-refractivity contribution >= 4 is 26.5 Å². The molecule has 0 unspecified atom stereocenters. The maximum absolute atomic E-state index is 2.39. The molecule has 0 radical (unpaired) electrons. The van der Waals surface area contributed by atoms with Gasteiger partial charge in [-0.25, -0.2) is 0 Å². The SMILES string of the molecule is C[Si](C)(C)c1ccc(-c2ccc(-c3ccc(-c4ccc(-c5ccc([Si](C)(C)C)cc5)cc4)cc3)cc2)cc1. The second-order valence-electron chi connectivity index (χ2n) is 12.4. The molecule has 2 heteroatoms. The largest absolute Gasteiger partial charge is 0.0775 e. The third kappa shape index (κ3) is 5.82. The summed E-state index contributed by atoms with van der Waals surface area (Å²) < 4.78 is 0. The zero-order valence-electron chi connectivity index (χ0n) is 23.5. The van der Waals surface area contributed by atoms with Crippen molar-refractivity contribution in [1.29, 1.82) is 0 Å². The first kappa shape index (κ1) is 26.2. The Bertz CT molecular complexity index is 1380. The molecule has 0 fully saturated rings. The highest BCUT2D eigenvalue weighted by molar-refractivity contribution is 6.89. The molecule has 0 nitrogen and oxygen atoms in total. The quantitative estimate of drug-likeness (QED) is 0.193. The minimum absolute atomic E-state index is 1.24. The van der Waals surface area contributed by atoms with Crippen molar-refractivity contribution in [3.05, 3.63) is 121 Å². The van der Waals surface area contributed by atoms with Gasteiger partial charge in [0.05, 0.1) is 16.1 Å². The van der Waals surface area contributed by atoms with Gasteiger partial charge in [-0.15, -0.1) is 0 Å². The van der Waals surface area contributed by atoms with Gasteiger partial charge >= 0.3 is 0 Å². The fourth-order valence-corrected chi connectivity index (χ4v) is 7.22. The van der Waals surface area contributed by atoms with E-state index in [0.717, 1.165) is 0 Å². The van der Waals surface area contributed by atoms with Crippen LogP contribution >= 0.6 is 0 Å². The van der Waals surface area contributed by atoms with Gasteiger partial charge in [0.15, 0.2) is 0 Å². The normalized spacial score (nSPS) is 11.9. The minimum atomic E-state index is -1.26. The summed E-state index contributed by atoms with van der Waals surface area (Å²) in [6, 6.07) is 45.1. The first-order valence-electron chi connectivity index (χ1n) is 13.6. The third-order valence-corrected chi connectivity index (χ3v) is 11.6. The zero-order chi connectivity index (χ0) is 26.9. The lowest BCUT2D eigenvalue weighted by atomic mass is 9.97. The summed E-state index contributed by atoms with van der Waals surface area (Å²) in [6.07, 6.45) is 0. The highest BCUT2D eigenvalue weighted by Crippen LogP contribution is 2.29. The molecule has 5 aromatic carbocycles. The summed E-state index contributed by atoms with van der Waals surface area (Å²) in [6.45, 7) is 14.4. The van der Waals surface area contributed by atoms with Crippen molar-refractivity contribution in [3.63, 3.8) is 0 Å². The first-order chi connectivity index (χ1) is 18.1. The van der Waals surface area contributed by atoms with E-state index in [1.54, 1.807) is 0 Å². The Hall–Kier alpha value is -3.47. The fraction of sp³-hybridized carbons (Fsp3) is 0.167. The van der Waals surface area contributed by atoms with E-state index >= 15 is 0 Å². The van der Waals surface area contributed by atoms with E-state index < -0.39 is 16.1 Å². The minimum Gasteiger partial charge on any atom is -0.0656 e. The molecule has 5 aromatic rings. The average Bonchev–Trinajstić information content (AvgIpc) is 2.93. The Morgan fingerprint density at radius 2 is 0.368 bits per heavy atom. The monoisotopic (exact) mass is 526 g/mol. The first-order valence-corrected chi connectivity index (χ1v) is 20.6. The third-order valence-electron chi connectivity index (χ3n) is 7.49. The van der Waals surface area contributed by atoms with Crippen LogP contribution in [-0.4, -0.2) is 16.1 Å². The summed E-state index contributed by atoms with van der Waals surface area (Å²) >= 11 is 0. The van der Waals surface area contributed by atoms with Crippen molar-refractivity contribution in [2.24, 2.45) is 0 Å². The molecule has 0 saturated heterocycles. The molecule has 0 spiro atoms. The highest BCUT2D eigenvalue weighted by Gasteiger charge is 2.16. The maximum atomic E-state index is 2.39. The van der Waals surface area contributed by atoms with Crippen LogP contribution in [0.4, 0.5) is 0 Å². The molecule has 38 heavy (non-hydrogen) atoms. The molecule has 0 atom stereocenters. The molecular formula is C36H38Si2. The second-order valence-corrected chi connectivity index (χ2v) is 22.5. The van der Waals surface area contributed by atoms with Gasteiger partial charge in [-0.1, -0.05) is 171 Å². The van der Waals surface area contributed by atoms with Gasteiger partial charge in [0, 0.05) is 0 Å². The van der Waals surface area contributed by atoms with Crippen LogP contribution in [0.3, 0.4) is 0 Å². The van der Waals surface area contributed by atoms with Gasteiger partial charge < -0.3 is 0 Å². The molecule has 0 saturated carbocycles. The van der Waals surface area contributed by atoms with Gasteiger partial charge in [-0.05, 0) is 44.5 Å². The second kappa shape index (κ2) is 10.4. The fourth-order valence-electron chi connectivity index (χ4n) is 4.89. The van der Waals surface area contributed by atoms with Gasteiger partial charge in [-0.3, -0.25) is 0 Å². The summed E-state index contributed by atoms with van der Waals surface area (Å²) in [4.78, 5) is 0. The summed E-state index contributed by atoms with van der Waals surface area (Å²) in [7, 11) is -2.53. The van der Waals surface area contributed by atoms with Crippen LogP contribution in [0.5, 0.6) is 0 Å². The van der Waals surface area contributed by atoms with Gasteiger partial charge in [0.2, 0.25) is 0 Å². The smallest absolute Gasteiger partial charge is 0.0656 e. The molecule has 0 heterocycles. The standard InChI is InChI=1S/C36H38Si2/c1-37(2,3)35-23-19-33(20-24-35)31-15-11-29(12-16-31)27-7-9-28(10-8-27)30-13-17-32(18-14-30)34-21-25-36(26-22-34)38(4,5)6/h7-26H,1-6H3. The lowest BCUT2D eigenvalue weighted by molar-refractivity contribution is 1.57. The van der Waals surface area contributed by atoms with Crippen LogP contribution in [0.15, 0.2) is 121 Å². The van der Waals surface area contributed by atoms with Crippen LogP contribution in [0.25, 0.3) is 44.5 Å². The molecule has 0 bridgehead atoms. The summed E-state index contributed by atoms with van der Waals surface area (Å²) in [5.74, 6) is 0.